The van der Waals surface area contributed by atoms with Gasteiger partial charge in [0.2, 0.25) is 0 Å². The standard InChI is InChI=1S/C16H20N2O/c1-4-12-10-13(6-8-16(12)19-3)18-15-9-11(2)5-7-14(15)17/h5-10,18H,4,17H2,1-3H3. The summed E-state index contributed by atoms with van der Waals surface area (Å²) >= 11 is 0. The zero-order valence-electron chi connectivity index (χ0n) is 11.7. The van der Waals surface area contributed by atoms with Gasteiger partial charge in [-0.3, -0.25) is 0 Å². The number of hydrogen-bond acceptors (Lipinski definition) is 3. The van der Waals surface area contributed by atoms with E-state index >= 15 is 0 Å². The Labute approximate surface area is 114 Å². The summed E-state index contributed by atoms with van der Waals surface area (Å²) < 4.78 is 5.33. The van der Waals surface area contributed by atoms with Gasteiger partial charge in [-0.1, -0.05) is 13.0 Å². The quantitative estimate of drug-likeness (QED) is 0.816. The van der Waals surface area contributed by atoms with Gasteiger partial charge in [-0.05, 0) is 54.8 Å². The second kappa shape index (κ2) is 5.65. The van der Waals surface area contributed by atoms with Crippen LogP contribution in [0.15, 0.2) is 36.4 Å². The zero-order chi connectivity index (χ0) is 13.8. The van der Waals surface area contributed by atoms with Gasteiger partial charge < -0.3 is 15.8 Å². The van der Waals surface area contributed by atoms with Gasteiger partial charge in [-0.2, -0.15) is 0 Å². The molecule has 3 N–H and O–H groups in total. The predicted octanol–water partition coefficient (Wildman–Crippen LogP) is 3.89. The summed E-state index contributed by atoms with van der Waals surface area (Å²) in [4.78, 5) is 0. The lowest BCUT2D eigenvalue weighted by Crippen LogP contribution is -1.98. The van der Waals surface area contributed by atoms with Crippen molar-refractivity contribution >= 4 is 17.1 Å². The molecule has 0 heterocycles. The first-order valence-electron chi connectivity index (χ1n) is 6.44. The molecule has 3 heteroatoms. The Bertz CT molecular complexity index is 579. The molecule has 0 atom stereocenters. The van der Waals surface area contributed by atoms with E-state index in [0.717, 1.165) is 29.2 Å². The van der Waals surface area contributed by atoms with Crippen molar-refractivity contribution in [3.63, 3.8) is 0 Å². The molecule has 0 aliphatic rings. The lowest BCUT2D eigenvalue weighted by atomic mass is 10.1. The minimum absolute atomic E-state index is 0.750. The third-order valence-electron chi connectivity index (χ3n) is 3.15. The van der Waals surface area contributed by atoms with Crippen molar-refractivity contribution in [2.24, 2.45) is 0 Å². The number of methoxy groups -OCH3 is 1. The van der Waals surface area contributed by atoms with E-state index in [1.54, 1.807) is 7.11 Å². The van der Waals surface area contributed by atoms with Crippen LogP contribution in [0.5, 0.6) is 5.75 Å². The highest BCUT2D eigenvalue weighted by Gasteiger charge is 2.04. The molecular weight excluding hydrogens is 236 g/mol. The van der Waals surface area contributed by atoms with E-state index in [-0.39, 0.29) is 0 Å². The first-order valence-corrected chi connectivity index (χ1v) is 6.44. The fraction of sp³-hybridized carbons (Fsp3) is 0.250. The third kappa shape index (κ3) is 2.99. The third-order valence-corrected chi connectivity index (χ3v) is 3.15. The average Bonchev–Trinajstić information content (AvgIpc) is 2.42. The highest BCUT2D eigenvalue weighted by atomic mass is 16.5. The molecule has 2 rings (SSSR count). The van der Waals surface area contributed by atoms with Crippen LogP contribution in [0.2, 0.25) is 0 Å². The number of nitrogens with one attached hydrogen (secondary N) is 1. The van der Waals surface area contributed by atoms with Crippen molar-refractivity contribution in [1.82, 2.24) is 0 Å². The van der Waals surface area contributed by atoms with Gasteiger partial charge in [-0.15, -0.1) is 0 Å². The highest BCUT2D eigenvalue weighted by molar-refractivity contribution is 5.73. The van der Waals surface area contributed by atoms with Crippen molar-refractivity contribution < 1.29 is 4.74 Å². The Morgan fingerprint density at radius 2 is 1.95 bits per heavy atom. The number of anilines is 3. The Hall–Kier alpha value is -2.16. The molecule has 100 valence electrons. The van der Waals surface area contributed by atoms with E-state index in [0.29, 0.717) is 0 Å². The normalized spacial score (nSPS) is 10.3. The van der Waals surface area contributed by atoms with E-state index in [4.69, 9.17) is 10.5 Å². The Kier molecular flexibility index (Phi) is 3.95. The number of nitrogen functional groups attached to an aromatic ring is 1. The molecule has 0 saturated carbocycles. The minimum atomic E-state index is 0.750. The van der Waals surface area contributed by atoms with E-state index in [1.165, 1.54) is 11.1 Å². The zero-order valence-corrected chi connectivity index (χ0v) is 11.7. The van der Waals surface area contributed by atoms with Gasteiger partial charge in [0, 0.05) is 5.69 Å². The van der Waals surface area contributed by atoms with Crippen LogP contribution < -0.4 is 15.8 Å². The van der Waals surface area contributed by atoms with Gasteiger partial charge >= 0.3 is 0 Å². The summed E-state index contributed by atoms with van der Waals surface area (Å²) in [6.45, 7) is 4.17. The number of aryl methyl sites for hydroxylation is 2. The van der Waals surface area contributed by atoms with Crippen LogP contribution in [-0.4, -0.2) is 7.11 Å². The Morgan fingerprint density at radius 3 is 2.63 bits per heavy atom. The molecule has 3 nitrogen and oxygen atoms in total. The van der Waals surface area contributed by atoms with Crippen molar-refractivity contribution in [3.8, 4) is 5.75 Å². The summed E-state index contributed by atoms with van der Waals surface area (Å²) in [6.07, 6.45) is 0.933. The summed E-state index contributed by atoms with van der Waals surface area (Å²) in [5.41, 5.74) is 11.0. The number of hydrogen-bond donors (Lipinski definition) is 2. The Morgan fingerprint density at radius 1 is 1.16 bits per heavy atom. The maximum Gasteiger partial charge on any atom is 0.122 e. The van der Waals surface area contributed by atoms with E-state index in [9.17, 15) is 0 Å². The van der Waals surface area contributed by atoms with Crippen LogP contribution in [0, 0.1) is 6.92 Å². The molecule has 19 heavy (non-hydrogen) atoms. The topological polar surface area (TPSA) is 47.3 Å². The molecule has 0 saturated heterocycles. The van der Waals surface area contributed by atoms with Crippen LogP contribution >= 0.6 is 0 Å². The van der Waals surface area contributed by atoms with Gasteiger partial charge in [0.1, 0.15) is 5.75 Å². The lowest BCUT2D eigenvalue weighted by Gasteiger charge is -2.13. The van der Waals surface area contributed by atoms with Crippen molar-refractivity contribution in [2.45, 2.75) is 20.3 Å². The molecule has 2 aromatic rings. The number of ether oxygens (including phenoxy) is 1. The second-order valence-corrected chi connectivity index (χ2v) is 4.60. The smallest absolute Gasteiger partial charge is 0.122 e. The van der Waals surface area contributed by atoms with Crippen molar-refractivity contribution in [1.29, 1.82) is 0 Å². The fourth-order valence-electron chi connectivity index (χ4n) is 2.07. The summed E-state index contributed by atoms with van der Waals surface area (Å²) in [5.74, 6) is 0.922. The predicted molar refractivity (Wildman–Crippen MR) is 81.2 cm³/mol. The van der Waals surface area contributed by atoms with E-state index in [1.807, 2.05) is 30.3 Å². The van der Waals surface area contributed by atoms with Crippen LogP contribution in [-0.2, 0) is 6.42 Å². The molecular formula is C16H20N2O. The van der Waals surface area contributed by atoms with Crippen LogP contribution in [0.25, 0.3) is 0 Å². The first kappa shape index (κ1) is 13.3. The lowest BCUT2D eigenvalue weighted by molar-refractivity contribution is 0.410. The van der Waals surface area contributed by atoms with Crippen LogP contribution in [0.3, 0.4) is 0 Å². The van der Waals surface area contributed by atoms with Crippen LogP contribution in [0.4, 0.5) is 17.1 Å². The molecule has 0 fully saturated rings. The number of nitrogens with two attached hydrogens (primary N) is 1. The molecule has 0 aromatic heterocycles. The maximum atomic E-state index is 5.98. The average molecular weight is 256 g/mol. The fourth-order valence-corrected chi connectivity index (χ4v) is 2.07. The highest BCUT2D eigenvalue weighted by Crippen LogP contribution is 2.28. The van der Waals surface area contributed by atoms with Gasteiger partial charge in [0.15, 0.2) is 0 Å². The number of benzene rings is 2. The molecule has 0 amide bonds. The van der Waals surface area contributed by atoms with E-state index < -0.39 is 0 Å². The second-order valence-electron chi connectivity index (χ2n) is 4.60. The molecule has 0 unspecified atom stereocenters. The van der Waals surface area contributed by atoms with Gasteiger partial charge in [-0.25, -0.2) is 0 Å². The molecule has 0 aliphatic carbocycles. The molecule has 0 radical (unpaired) electrons. The summed E-state index contributed by atoms with van der Waals surface area (Å²) in [6, 6.07) is 12.0. The monoisotopic (exact) mass is 256 g/mol. The molecule has 0 bridgehead atoms. The molecule has 0 aliphatic heterocycles. The SMILES string of the molecule is CCc1cc(Nc2cc(C)ccc2N)ccc1OC. The maximum absolute atomic E-state index is 5.98. The minimum Gasteiger partial charge on any atom is -0.496 e. The van der Waals surface area contributed by atoms with Gasteiger partial charge in [0.05, 0.1) is 18.5 Å². The van der Waals surface area contributed by atoms with Crippen molar-refractivity contribution in [2.75, 3.05) is 18.2 Å². The van der Waals surface area contributed by atoms with Gasteiger partial charge in [0.25, 0.3) is 0 Å². The largest absolute Gasteiger partial charge is 0.496 e. The van der Waals surface area contributed by atoms with Crippen LogP contribution in [0.1, 0.15) is 18.1 Å². The Balaban J connectivity index is 2.30. The first-order chi connectivity index (χ1) is 9.13. The summed E-state index contributed by atoms with van der Waals surface area (Å²) in [5, 5.41) is 3.36. The van der Waals surface area contributed by atoms with E-state index in [2.05, 4.69) is 25.2 Å². The summed E-state index contributed by atoms with van der Waals surface area (Å²) in [7, 11) is 1.69. The molecule has 0 spiro atoms. The van der Waals surface area contributed by atoms with Crippen molar-refractivity contribution in [3.05, 3.63) is 47.5 Å². The number of rotatable bonds is 4. The molecule has 2 aromatic carbocycles.